The lowest BCUT2D eigenvalue weighted by Crippen LogP contribution is -1.92. The van der Waals surface area contributed by atoms with Crippen LogP contribution in [0.5, 0.6) is 5.75 Å². The Morgan fingerprint density at radius 2 is 2.17 bits per heavy atom. The fraction of sp³-hybridized carbons (Fsp3) is 0.286. The minimum atomic E-state index is 0.711. The van der Waals surface area contributed by atoms with E-state index in [-0.39, 0.29) is 0 Å². The maximum absolute atomic E-state index is 6.18. The number of nitrogens with two attached hydrogens (primary N) is 1. The normalized spacial score (nSPS) is 13.7. The molecule has 1 aromatic heterocycles. The lowest BCUT2D eigenvalue weighted by atomic mass is 10.0. The van der Waals surface area contributed by atoms with Crippen molar-refractivity contribution in [3.63, 3.8) is 0 Å². The molecule has 3 rings (SSSR count). The van der Waals surface area contributed by atoms with Crippen LogP contribution >= 0.6 is 22.9 Å². The van der Waals surface area contributed by atoms with Crippen molar-refractivity contribution in [3.05, 3.63) is 33.7 Å². The molecule has 94 valence electrons. The number of halogens is 1. The van der Waals surface area contributed by atoms with E-state index in [4.69, 9.17) is 22.1 Å². The molecule has 0 aliphatic heterocycles. The van der Waals surface area contributed by atoms with Crippen LogP contribution in [0.2, 0.25) is 5.02 Å². The average Bonchev–Trinajstić information content (AvgIpc) is 2.88. The van der Waals surface area contributed by atoms with E-state index in [0.717, 1.165) is 34.7 Å². The number of hydrogen-bond acceptors (Lipinski definition) is 3. The molecule has 0 unspecified atom stereocenters. The largest absolute Gasteiger partial charge is 0.496 e. The smallest absolute Gasteiger partial charge is 0.126 e. The lowest BCUT2D eigenvalue weighted by molar-refractivity contribution is 0.416. The maximum atomic E-state index is 6.18. The van der Waals surface area contributed by atoms with Crippen LogP contribution in [-0.4, -0.2) is 7.11 Å². The molecule has 4 heteroatoms. The number of anilines is 1. The second-order valence-corrected chi connectivity index (χ2v) is 6.01. The summed E-state index contributed by atoms with van der Waals surface area (Å²) in [5.41, 5.74) is 9.71. The zero-order valence-corrected chi connectivity index (χ0v) is 11.7. The van der Waals surface area contributed by atoms with Gasteiger partial charge in [0, 0.05) is 21.0 Å². The molecular weight excluding hydrogens is 266 g/mol. The van der Waals surface area contributed by atoms with Gasteiger partial charge in [0.05, 0.1) is 12.1 Å². The number of benzene rings is 1. The summed E-state index contributed by atoms with van der Waals surface area (Å²) in [6, 6.07) is 5.68. The molecule has 0 saturated carbocycles. The molecule has 2 N–H and O–H groups in total. The van der Waals surface area contributed by atoms with E-state index in [1.54, 1.807) is 18.4 Å². The first-order valence-corrected chi connectivity index (χ1v) is 7.14. The number of thiophene rings is 1. The summed E-state index contributed by atoms with van der Waals surface area (Å²) in [6.07, 6.45) is 3.47. The Bertz CT molecular complexity index is 606. The molecule has 0 radical (unpaired) electrons. The second-order valence-electron chi connectivity index (χ2n) is 4.44. The van der Waals surface area contributed by atoms with Crippen LogP contribution in [0.1, 0.15) is 16.9 Å². The molecule has 1 aliphatic rings. The SMILES string of the molecule is COc1ccc(Cl)cc1-c1c(N)sc2c1CCC2. The first-order chi connectivity index (χ1) is 8.70. The van der Waals surface area contributed by atoms with E-state index in [9.17, 15) is 0 Å². The Morgan fingerprint density at radius 3 is 2.94 bits per heavy atom. The summed E-state index contributed by atoms with van der Waals surface area (Å²) >= 11 is 7.80. The van der Waals surface area contributed by atoms with Gasteiger partial charge in [0.25, 0.3) is 0 Å². The fourth-order valence-electron chi connectivity index (χ4n) is 2.60. The molecule has 2 nitrogen and oxygen atoms in total. The molecule has 0 saturated heterocycles. The molecule has 0 bridgehead atoms. The highest BCUT2D eigenvalue weighted by molar-refractivity contribution is 7.16. The van der Waals surface area contributed by atoms with E-state index in [1.807, 2.05) is 18.2 Å². The van der Waals surface area contributed by atoms with Gasteiger partial charge < -0.3 is 10.5 Å². The highest BCUT2D eigenvalue weighted by Gasteiger charge is 2.23. The number of fused-ring (bicyclic) bond motifs is 1. The van der Waals surface area contributed by atoms with Gasteiger partial charge in [-0.15, -0.1) is 11.3 Å². The van der Waals surface area contributed by atoms with Crippen LogP contribution in [0.15, 0.2) is 18.2 Å². The number of hydrogen-bond donors (Lipinski definition) is 1. The van der Waals surface area contributed by atoms with Crippen LogP contribution in [-0.2, 0) is 12.8 Å². The number of aryl methyl sites for hydroxylation is 1. The summed E-state index contributed by atoms with van der Waals surface area (Å²) < 4.78 is 5.43. The quantitative estimate of drug-likeness (QED) is 0.896. The summed E-state index contributed by atoms with van der Waals surface area (Å²) in [6.45, 7) is 0. The minimum absolute atomic E-state index is 0.711. The van der Waals surface area contributed by atoms with Crippen LogP contribution in [0.4, 0.5) is 5.00 Å². The number of nitrogen functional groups attached to an aromatic ring is 1. The summed E-state index contributed by atoms with van der Waals surface area (Å²) in [7, 11) is 1.68. The van der Waals surface area contributed by atoms with Gasteiger partial charge in [-0.1, -0.05) is 11.6 Å². The molecule has 0 spiro atoms. The molecule has 1 heterocycles. The first-order valence-electron chi connectivity index (χ1n) is 5.94. The number of rotatable bonds is 2. The average molecular weight is 280 g/mol. The van der Waals surface area contributed by atoms with Crippen molar-refractivity contribution in [2.24, 2.45) is 0 Å². The number of methoxy groups -OCH3 is 1. The molecule has 2 aromatic rings. The summed E-state index contributed by atoms with van der Waals surface area (Å²) in [5.74, 6) is 0.832. The van der Waals surface area contributed by atoms with Gasteiger partial charge in [-0.25, -0.2) is 0 Å². The topological polar surface area (TPSA) is 35.2 Å². The van der Waals surface area contributed by atoms with Crippen LogP contribution in [0.25, 0.3) is 11.1 Å². The third kappa shape index (κ3) is 1.78. The number of ether oxygens (including phenoxy) is 1. The summed E-state index contributed by atoms with van der Waals surface area (Å²) in [5, 5.41) is 1.59. The standard InChI is InChI=1S/C14H14ClNOS/c1-17-11-6-5-8(15)7-10(11)13-9-3-2-4-12(9)18-14(13)16/h5-7H,2-4,16H2,1H3. The van der Waals surface area contributed by atoms with Crippen LogP contribution in [0, 0.1) is 0 Å². The van der Waals surface area contributed by atoms with Crippen molar-refractivity contribution < 1.29 is 4.74 Å². The van der Waals surface area contributed by atoms with Crippen molar-refractivity contribution in [1.82, 2.24) is 0 Å². The third-order valence-corrected chi connectivity index (χ3v) is 4.74. The van der Waals surface area contributed by atoms with Gasteiger partial charge in [-0.3, -0.25) is 0 Å². The van der Waals surface area contributed by atoms with Crippen molar-refractivity contribution in [2.45, 2.75) is 19.3 Å². The van der Waals surface area contributed by atoms with Gasteiger partial charge in [0.15, 0.2) is 0 Å². The van der Waals surface area contributed by atoms with Crippen LogP contribution < -0.4 is 10.5 Å². The Kier molecular flexibility index (Phi) is 2.96. The Morgan fingerprint density at radius 1 is 1.33 bits per heavy atom. The van der Waals surface area contributed by atoms with Crippen LogP contribution in [0.3, 0.4) is 0 Å². The first kappa shape index (κ1) is 11.9. The summed E-state index contributed by atoms with van der Waals surface area (Å²) in [4.78, 5) is 1.42. The van der Waals surface area contributed by atoms with E-state index >= 15 is 0 Å². The van der Waals surface area contributed by atoms with E-state index in [0.29, 0.717) is 5.02 Å². The van der Waals surface area contributed by atoms with Gasteiger partial charge in [0.1, 0.15) is 5.75 Å². The molecule has 0 fully saturated rings. The lowest BCUT2D eigenvalue weighted by Gasteiger charge is -2.10. The highest BCUT2D eigenvalue weighted by atomic mass is 35.5. The predicted octanol–water partition coefficient (Wildman–Crippen LogP) is 4.15. The minimum Gasteiger partial charge on any atom is -0.496 e. The van der Waals surface area contributed by atoms with Gasteiger partial charge in [-0.05, 0) is 43.0 Å². The van der Waals surface area contributed by atoms with Crippen molar-refractivity contribution >= 4 is 27.9 Å². The molecule has 0 amide bonds. The molecule has 0 atom stereocenters. The van der Waals surface area contributed by atoms with Crippen molar-refractivity contribution in [2.75, 3.05) is 12.8 Å². The Labute approximate surface area is 115 Å². The fourth-order valence-corrected chi connectivity index (χ4v) is 3.94. The second kappa shape index (κ2) is 4.48. The monoisotopic (exact) mass is 279 g/mol. The molecule has 18 heavy (non-hydrogen) atoms. The Hall–Kier alpha value is -1.19. The van der Waals surface area contributed by atoms with Gasteiger partial charge >= 0.3 is 0 Å². The Balaban J connectivity index is 2.23. The van der Waals surface area contributed by atoms with E-state index in [2.05, 4.69) is 0 Å². The van der Waals surface area contributed by atoms with Gasteiger partial charge in [-0.2, -0.15) is 0 Å². The third-order valence-electron chi connectivity index (χ3n) is 3.38. The van der Waals surface area contributed by atoms with Gasteiger partial charge in [0.2, 0.25) is 0 Å². The molecule has 1 aliphatic carbocycles. The zero-order valence-electron chi connectivity index (χ0n) is 10.1. The molecular formula is C14H14ClNOS. The van der Waals surface area contributed by atoms with E-state index < -0.39 is 0 Å². The molecule has 1 aromatic carbocycles. The van der Waals surface area contributed by atoms with Crippen molar-refractivity contribution in [1.29, 1.82) is 0 Å². The zero-order chi connectivity index (χ0) is 12.7. The van der Waals surface area contributed by atoms with E-state index in [1.165, 1.54) is 16.9 Å². The highest BCUT2D eigenvalue weighted by Crippen LogP contribution is 2.46. The van der Waals surface area contributed by atoms with Crippen molar-refractivity contribution in [3.8, 4) is 16.9 Å². The predicted molar refractivity (Wildman–Crippen MR) is 77.8 cm³/mol. The maximum Gasteiger partial charge on any atom is 0.126 e.